The summed E-state index contributed by atoms with van der Waals surface area (Å²) in [4.78, 5) is 6.34. The maximum absolute atomic E-state index is 6.33. The van der Waals surface area contributed by atoms with Gasteiger partial charge in [-0.2, -0.15) is 0 Å². The van der Waals surface area contributed by atoms with Crippen LogP contribution in [0.4, 0.5) is 0 Å². The van der Waals surface area contributed by atoms with E-state index in [0.717, 1.165) is 18.7 Å². The zero-order valence-electron chi connectivity index (χ0n) is 12.0. The molecule has 1 heterocycles. The van der Waals surface area contributed by atoms with E-state index in [2.05, 4.69) is 16.8 Å². The Morgan fingerprint density at radius 1 is 1.19 bits per heavy atom. The smallest absolute Gasteiger partial charge is 0.0488 e. The van der Waals surface area contributed by atoms with Crippen LogP contribution < -0.4 is 5.73 Å². The number of hydrogen-bond donors (Lipinski definition) is 1. The molecule has 21 heavy (non-hydrogen) atoms. The van der Waals surface area contributed by atoms with Crippen molar-refractivity contribution in [3.8, 4) is 0 Å². The summed E-state index contributed by atoms with van der Waals surface area (Å²) in [6.07, 6.45) is 3.60. The van der Waals surface area contributed by atoms with E-state index >= 15 is 0 Å². The van der Waals surface area contributed by atoms with Crippen molar-refractivity contribution in [3.63, 3.8) is 0 Å². The lowest BCUT2D eigenvalue weighted by Gasteiger charge is -2.31. The third-order valence-electron chi connectivity index (χ3n) is 3.53. The molecule has 2 aromatic rings. The van der Waals surface area contributed by atoms with Gasteiger partial charge in [-0.25, -0.2) is 0 Å². The maximum Gasteiger partial charge on any atom is 0.0488 e. The molecule has 3 nitrogen and oxygen atoms in total. The van der Waals surface area contributed by atoms with E-state index in [1.807, 2.05) is 24.3 Å². The van der Waals surface area contributed by atoms with Crippen molar-refractivity contribution in [2.45, 2.75) is 19.5 Å². The van der Waals surface area contributed by atoms with Gasteiger partial charge < -0.3 is 5.73 Å². The first kappa shape index (κ1) is 16.2. The molecule has 0 aliphatic heterocycles. The van der Waals surface area contributed by atoms with Crippen molar-refractivity contribution >= 4 is 23.2 Å². The molecule has 0 radical (unpaired) electrons. The minimum atomic E-state index is 0.0629. The number of nitrogens with two attached hydrogens (primary N) is 1. The molecule has 0 fully saturated rings. The van der Waals surface area contributed by atoms with Gasteiger partial charge in [-0.3, -0.25) is 9.88 Å². The molecule has 2 N–H and O–H groups in total. The molecule has 0 saturated heterocycles. The van der Waals surface area contributed by atoms with Gasteiger partial charge in [-0.05, 0) is 41.9 Å². The first-order chi connectivity index (χ1) is 10.2. The van der Waals surface area contributed by atoms with Crippen molar-refractivity contribution in [1.82, 2.24) is 9.88 Å². The summed E-state index contributed by atoms with van der Waals surface area (Å²) in [6, 6.07) is 9.66. The van der Waals surface area contributed by atoms with Crippen LogP contribution in [0.3, 0.4) is 0 Å². The van der Waals surface area contributed by atoms with Crippen LogP contribution in [0.25, 0.3) is 0 Å². The van der Waals surface area contributed by atoms with Crippen molar-refractivity contribution < 1.29 is 0 Å². The lowest BCUT2D eigenvalue weighted by Crippen LogP contribution is -2.33. The van der Waals surface area contributed by atoms with Crippen LogP contribution in [0.1, 0.15) is 24.1 Å². The van der Waals surface area contributed by atoms with Crippen molar-refractivity contribution in [2.24, 2.45) is 5.73 Å². The molecule has 5 heteroatoms. The molecule has 1 unspecified atom stereocenters. The fraction of sp³-hybridized carbons (Fsp3) is 0.312. The van der Waals surface area contributed by atoms with Gasteiger partial charge >= 0.3 is 0 Å². The van der Waals surface area contributed by atoms with Crippen LogP contribution in [0.15, 0.2) is 42.7 Å². The van der Waals surface area contributed by atoms with Gasteiger partial charge in [0.15, 0.2) is 0 Å². The Bertz CT molecular complexity index is 575. The van der Waals surface area contributed by atoms with Crippen LogP contribution in [0.5, 0.6) is 0 Å². The second-order valence-corrected chi connectivity index (χ2v) is 5.68. The number of nitrogens with zero attached hydrogens (tertiary/aromatic N) is 2. The zero-order valence-corrected chi connectivity index (χ0v) is 13.5. The third-order valence-corrected chi connectivity index (χ3v) is 4.09. The standard InChI is InChI=1S/C16H19Cl2N3/c1-2-21(11-12-5-7-20-8-6-12)16(10-19)14-4-3-13(17)9-15(14)18/h3-9,16H,2,10-11,19H2,1H3. The summed E-state index contributed by atoms with van der Waals surface area (Å²) in [5.41, 5.74) is 8.21. The number of benzene rings is 1. The predicted molar refractivity (Wildman–Crippen MR) is 88.6 cm³/mol. The molecule has 112 valence electrons. The summed E-state index contributed by atoms with van der Waals surface area (Å²) in [5.74, 6) is 0. The number of halogens is 2. The maximum atomic E-state index is 6.33. The van der Waals surface area contributed by atoms with Gasteiger partial charge in [0.1, 0.15) is 0 Å². The summed E-state index contributed by atoms with van der Waals surface area (Å²) in [6.45, 7) is 4.30. The predicted octanol–water partition coefficient (Wildman–Crippen LogP) is 3.91. The Balaban J connectivity index is 2.25. The highest BCUT2D eigenvalue weighted by Crippen LogP contribution is 2.30. The summed E-state index contributed by atoms with van der Waals surface area (Å²) in [7, 11) is 0. The molecule has 1 atom stereocenters. The largest absolute Gasteiger partial charge is 0.329 e. The van der Waals surface area contributed by atoms with Crippen LogP contribution in [-0.2, 0) is 6.54 Å². The highest BCUT2D eigenvalue weighted by Gasteiger charge is 2.20. The van der Waals surface area contributed by atoms with Gasteiger partial charge in [0.05, 0.1) is 0 Å². The summed E-state index contributed by atoms with van der Waals surface area (Å²) < 4.78 is 0. The van der Waals surface area contributed by atoms with Gasteiger partial charge in [0, 0.05) is 41.6 Å². The van der Waals surface area contributed by atoms with Gasteiger partial charge in [0.25, 0.3) is 0 Å². The molecule has 0 spiro atoms. The fourth-order valence-corrected chi connectivity index (χ4v) is 2.94. The highest BCUT2D eigenvalue weighted by molar-refractivity contribution is 6.35. The lowest BCUT2D eigenvalue weighted by atomic mass is 10.0. The molecule has 1 aromatic heterocycles. The average Bonchev–Trinajstić information content (AvgIpc) is 2.49. The first-order valence-corrected chi connectivity index (χ1v) is 7.69. The van der Waals surface area contributed by atoms with Crippen molar-refractivity contribution in [1.29, 1.82) is 0 Å². The van der Waals surface area contributed by atoms with Crippen LogP contribution in [0, 0.1) is 0 Å². The van der Waals surface area contributed by atoms with Crippen molar-refractivity contribution in [3.05, 3.63) is 63.9 Å². The van der Waals surface area contributed by atoms with Gasteiger partial charge in [-0.15, -0.1) is 0 Å². The minimum absolute atomic E-state index is 0.0629. The molecule has 0 amide bonds. The summed E-state index contributed by atoms with van der Waals surface area (Å²) in [5, 5.41) is 1.29. The van der Waals surface area contributed by atoms with E-state index in [4.69, 9.17) is 28.9 Å². The Morgan fingerprint density at radius 3 is 2.48 bits per heavy atom. The number of likely N-dealkylation sites (N-methyl/N-ethyl adjacent to an activating group) is 1. The number of pyridine rings is 1. The highest BCUT2D eigenvalue weighted by atomic mass is 35.5. The Morgan fingerprint density at radius 2 is 1.90 bits per heavy atom. The van der Waals surface area contributed by atoms with Crippen LogP contribution in [0.2, 0.25) is 10.0 Å². The minimum Gasteiger partial charge on any atom is -0.329 e. The molecule has 0 aliphatic rings. The average molecular weight is 324 g/mol. The van der Waals surface area contributed by atoms with E-state index < -0.39 is 0 Å². The molecule has 0 bridgehead atoms. The normalized spacial score (nSPS) is 12.6. The Labute approximate surface area is 135 Å². The van der Waals surface area contributed by atoms with E-state index in [1.54, 1.807) is 18.5 Å². The Hall–Kier alpha value is -1.13. The van der Waals surface area contributed by atoms with E-state index in [0.29, 0.717) is 16.6 Å². The summed E-state index contributed by atoms with van der Waals surface area (Å²) >= 11 is 12.3. The quantitative estimate of drug-likeness (QED) is 0.876. The molecule has 1 aromatic carbocycles. The topological polar surface area (TPSA) is 42.2 Å². The SMILES string of the molecule is CCN(Cc1ccncc1)C(CN)c1ccc(Cl)cc1Cl. The molecular formula is C16H19Cl2N3. The van der Waals surface area contributed by atoms with Crippen LogP contribution in [-0.4, -0.2) is 23.0 Å². The van der Waals surface area contributed by atoms with E-state index in [-0.39, 0.29) is 6.04 Å². The number of rotatable bonds is 6. The first-order valence-electron chi connectivity index (χ1n) is 6.93. The fourth-order valence-electron chi connectivity index (χ4n) is 2.41. The van der Waals surface area contributed by atoms with Gasteiger partial charge in [0.2, 0.25) is 0 Å². The van der Waals surface area contributed by atoms with E-state index in [9.17, 15) is 0 Å². The Kier molecular flexibility index (Phi) is 6.00. The second-order valence-electron chi connectivity index (χ2n) is 4.84. The molecule has 0 saturated carbocycles. The van der Waals surface area contributed by atoms with Crippen LogP contribution >= 0.6 is 23.2 Å². The molecular weight excluding hydrogens is 305 g/mol. The monoisotopic (exact) mass is 323 g/mol. The molecule has 0 aliphatic carbocycles. The number of aromatic nitrogens is 1. The zero-order chi connectivity index (χ0) is 15.2. The van der Waals surface area contributed by atoms with Crippen molar-refractivity contribution in [2.75, 3.05) is 13.1 Å². The van der Waals surface area contributed by atoms with Gasteiger partial charge in [-0.1, -0.05) is 36.2 Å². The second kappa shape index (κ2) is 7.76. The lowest BCUT2D eigenvalue weighted by molar-refractivity contribution is 0.203. The number of hydrogen-bond acceptors (Lipinski definition) is 3. The van der Waals surface area contributed by atoms with E-state index in [1.165, 1.54) is 5.56 Å². The molecule has 2 rings (SSSR count). The third kappa shape index (κ3) is 4.17.